The molecule has 2 aliphatic heterocycles. The number of rotatable bonds is 2. The zero-order valence-electron chi connectivity index (χ0n) is 9.57. The molecule has 0 aromatic carbocycles. The number of likely N-dealkylation sites (tertiary alicyclic amines) is 1. The van der Waals surface area contributed by atoms with Crippen LogP contribution in [-0.2, 0) is 10.0 Å². The van der Waals surface area contributed by atoms with Crippen LogP contribution < -0.4 is 0 Å². The topological polar surface area (TPSA) is 40.6 Å². The Balaban J connectivity index is 1.89. The summed E-state index contributed by atoms with van der Waals surface area (Å²) in [5.41, 5.74) is 0.442. The van der Waals surface area contributed by atoms with E-state index in [-0.39, 0.29) is 0 Å². The lowest BCUT2D eigenvalue weighted by atomic mass is 9.72. The molecule has 88 valence electrons. The van der Waals surface area contributed by atoms with Gasteiger partial charge in [-0.05, 0) is 24.8 Å². The molecule has 5 heteroatoms. The maximum Gasteiger partial charge on any atom is 0.211 e. The molecule has 0 aromatic rings. The molecule has 0 amide bonds. The van der Waals surface area contributed by atoms with E-state index in [1.165, 1.54) is 19.3 Å². The fraction of sp³-hybridized carbons (Fsp3) is 1.00. The molecule has 0 bridgehead atoms. The molecule has 2 rings (SSSR count). The van der Waals surface area contributed by atoms with Gasteiger partial charge in [0, 0.05) is 26.2 Å². The predicted octanol–water partition coefficient (Wildman–Crippen LogP) is 0.364. The average Bonchev–Trinajstić information content (AvgIpc) is 2.12. The SMILES string of the molecule is CCN1CC2(CCN(S(C)(=O)=O)CC2)C1. The molecule has 0 unspecified atom stereocenters. The van der Waals surface area contributed by atoms with Gasteiger partial charge in [-0.3, -0.25) is 0 Å². The van der Waals surface area contributed by atoms with Crippen molar-refractivity contribution in [2.24, 2.45) is 5.41 Å². The lowest BCUT2D eigenvalue weighted by Crippen LogP contribution is -2.60. The van der Waals surface area contributed by atoms with Crippen molar-refractivity contribution in [1.82, 2.24) is 9.21 Å². The summed E-state index contributed by atoms with van der Waals surface area (Å²) in [6, 6.07) is 0. The smallest absolute Gasteiger partial charge is 0.211 e. The Morgan fingerprint density at radius 2 is 1.73 bits per heavy atom. The third-order valence-corrected chi connectivity index (χ3v) is 5.12. The quantitative estimate of drug-likeness (QED) is 0.690. The van der Waals surface area contributed by atoms with E-state index < -0.39 is 10.0 Å². The normalized spacial score (nSPS) is 27.9. The van der Waals surface area contributed by atoms with Crippen LogP contribution in [-0.4, -0.2) is 56.6 Å². The van der Waals surface area contributed by atoms with Gasteiger partial charge >= 0.3 is 0 Å². The Morgan fingerprint density at radius 3 is 2.13 bits per heavy atom. The summed E-state index contributed by atoms with van der Waals surface area (Å²) in [4.78, 5) is 2.43. The summed E-state index contributed by atoms with van der Waals surface area (Å²) in [6.45, 7) is 7.07. The fourth-order valence-electron chi connectivity index (χ4n) is 2.73. The largest absolute Gasteiger partial charge is 0.302 e. The van der Waals surface area contributed by atoms with Crippen LogP contribution in [0.4, 0.5) is 0 Å². The van der Waals surface area contributed by atoms with Gasteiger partial charge in [-0.15, -0.1) is 0 Å². The highest BCUT2D eigenvalue weighted by Gasteiger charge is 2.44. The first-order chi connectivity index (χ1) is 6.95. The summed E-state index contributed by atoms with van der Waals surface area (Å²) in [6.07, 6.45) is 3.39. The Bertz CT molecular complexity index is 323. The van der Waals surface area contributed by atoms with Gasteiger partial charge in [-0.25, -0.2) is 12.7 Å². The van der Waals surface area contributed by atoms with Crippen molar-refractivity contribution >= 4 is 10.0 Å². The van der Waals surface area contributed by atoms with Crippen LogP contribution in [0.15, 0.2) is 0 Å². The van der Waals surface area contributed by atoms with Crippen molar-refractivity contribution < 1.29 is 8.42 Å². The summed E-state index contributed by atoms with van der Waals surface area (Å²) < 4.78 is 24.3. The van der Waals surface area contributed by atoms with Crippen molar-refractivity contribution in [1.29, 1.82) is 0 Å². The molecular weight excluding hydrogens is 212 g/mol. The van der Waals surface area contributed by atoms with Gasteiger partial charge in [0.15, 0.2) is 0 Å². The number of hydrogen-bond acceptors (Lipinski definition) is 3. The van der Waals surface area contributed by atoms with Crippen LogP contribution >= 0.6 is 0 Å². The van der Waals surface area contributed by atoms with E-state index >= 15 is 0 Å². The molecule has 0 atom stereocenters. The van der Waals surface area contributed by atoms with Crippen LogP contribution in [0.3, 0.4) is 0 Å². The minimum atomic E-state index is -2.96. The molecule has 2 fully saturated rings. The van der Waals surface area contributed by atoms with Crippen LogP contribution in [0.5, 0.6) is 0 Å². The van der Waals surface area contributed by atoms with Crippen LogP contribution in [0.25, 0.3) is 0 Å². The van der Waals surface area contributed by atoms with E-state index in [0.29, 0.717) is 5.41 Å². The second-order valence-electron chi connectivity index (χ2n) is 4.97. The van der Waals surface area contributed by atoms with E-state index in [1.807, 2.05) is 0 Å². The van der Waals surface area contributed by atoms with Crippen LogP contribution in [0.2, 0.25) is 0 Å². The lowest BCUT2D eigenvalue weighted by Gasteiger charge is -2.53. The van der Waals surface area contributed by atoms with Crippen molar-refractivity contribution in [2.45, 2.75) is 19.8 Å². The van der Waals surface area contributed by atoms with Gasteiger partial charge in [0.2, 0.25) is 10.0 Å². The standard InChI is InChI=1S/C10H20N2O2S/c1-3-11-8-10(9-11)4-6-12(7-5-10)15(2,13)14/h3-9H2,1-2H3. The molecular formula is C10H20N2O2S. The Hall–Kier alpha value is -0.130. The zero-order valence-corrected chi connectivity index (χ0v) is 10.4. The summed E-state index contributed by atoms with van der Waals surface area (Å²) in [7, 11) is -2.96. The first-order valence-electron chi connectivity index (χ1n) is 5.63. The maximum absolute atomic E-state index is 11.3. The zero-order chi connectivity index (χ0) is 11.1. The maximum atomic E-state index is 11.3. The molecule has 15 heavy (non-hydrogen) atoms. The van der Waals surface area contributed by atoms with Gasteiger partial charge in [0.1, 0.15) is 0 Å². The molecule has 0 radical (unpaired) electrons. The highest BCUT2D eigenvalue weighted by Crippen LogP contribution is 2.40. The van der Waals surface area contributed by atoms with Gasteiger partial charge in [-0.1, -0.05) is 6.92 Å². The molecule has 1 spiro atoms. The third-order valence-electron chi connectivity index (χ3n) is 3.82. The first-order valence-corrected chi connectivity index (χ1v) is 7.47. The Morgan fingerprint density at radius 1 is 1.20 bits per heavy atom. The number of sulfonamides is 1. The second kappa shape index (κ2) is 3.71. The van der Waals surface area contributed by atoms with E-state index in [9.17, 15) is 8.42 Å². The summed E-state index contributed by atoms with van der Waals surface area (Å²) >= 11 is 0. The molecule has 0 aliphatic carbocycles. The van der Waals surface area contributed by atoms with Crippen molar-refractivity contribution in [3.8, 4) is 0 Å². The summed E-state index contributed by atoms with van der Waals surface area (Å²) in [5.74, 6) is 0. The van der Waals surface area contributed by atoms with E-state index in [4.69, 9.17) is 0 Å². The Kier molecular flexibility index (Phi) is 2.81. The highest BCUT2D eigenvalue weighted by molar-refractivity contribution is 7.88. The summed E-state index contributed by atoms with van der Waals surface area (Å²) in [5, 5.41) is 0. The molecule has 2 aliphatic rings. The fourth-order valence-corrected chi connectivity index (χ4v) is 3.58. The van der Waals surface area contributed by atoms with Crippen molar-refractivity contribution in [2.75, 3.05) is 39.0 Å². The monoisotopic (exact) mass is 232 g/mol. The van der Waals surface area contributed by atoms with E-state index in [0.717, 1.165) is 32.5 Å². The molecule has 4 nitrogen and oxygen atoms in total. The molecule has 2 heterocycles. The molecule has 0 aromatic heterocycles. The van der Waals surface area contributed by atoms with Crippen molar-refractivity contribution in [3.05, 3.63) is 0 Å². The van der Waals surface area contributed by atoms with Gasteiger partial charge < -0.3 is 4.90 Å². The van der Waals surface area contributed by atoms with Gasteiger partial charge in [0.25, 0.3) is 0 Å². The minimum absolute atomic E-state index is 0.442. The predicted molar refractivity (Wildman–Crippen MR) is 60.2 cm³/mol. The highest BCUT2D eigenvalue weighted by atomic mass is 32.2. The third kappa shape index (κ3) is 2.19. The number of hydrogen-bond donors (Lipinski definition) is 0. The number of piperidine rings is 1. The molecule has 0 saturated carbocycles. The van der Waals surface area contributed by atoms with Crippen LogP contribution in [0.1, 0.15) is 19.8 Å². The second-order valence-corrected chi connectivity index (χ2v) is 6.95. The van der Waals surface area contributed by atoms with Crippen LogP contribution in [0, 0.1) is 5.41 Å². The molecule has 0 N–H and O–H groups in total. The molecule has 2 saturated heterocycles. The first kappa shape index (κ1) is 11.4. The minimum Gasteiger partial charge on any atom is -0.302 e. The van der Waals surface area contributed by atoms with E-state index in [2.05, 4.69) is 11.8 Å². The number of nitrogens with zero attached hydrogens (tertiary/aromatic N) is 2. The van der Waals surface area contributed by atoms with Crippen molar-refractivity contribution in [3.63, 3.8) is 0 Å². The lowest BCUT2D eigenvalue weighted by molar-refractivity contribution is -0.0307. The Labute approximate surface area is 92.3 Å². The van der Waals surface area contributed by atoms with E-state index in [1.54, 1.807) is 4.31 Å². The van der Waals surface area contributed by atoms with Gasteiger partial charge in [-0.2, -0.15) is 0 Å². The van der Waals surface area contributed by atoms with Gasteiger partial charge in [0.05, 0.1) is 6.26 Å². The average molecular weight is 232 g/mol.